The Morgan fingerprint density at radius 2 is 2.16 bits per heavy atom. The fraction of sp³-hybridized carbons (Fsp3) is 0.545. The van der Waals surface area contributed by atoms with Crippen molar-refractivity contribution in [3.05, 3.63) is 16.5 Å². The summed E-state index contributed by atoms with van der Waals surface area (Å²) in [5, 5.41) is 0. The predicted octanol–water partition coefficient (Wildman–Crippen LogP) is 2.41. The fourth-order valence-corrected chi connectivity index (χ4v) is 4.58. The fourth-order valence-electron chi connectivity index (χ4n) is 1.71. The monoisotopic (exact) mass is 325 g/mol. The largest absolute Gasteiger partial charge is 0.468 e. The maximum Gasteiger partial charge on any atom is 0.326 e. The molecule has 8 heteroatoms. The molecule has 1 aromatic rings. The highest BCUT2D eigenvalue weighted by Gasteiger charge is 2.38. The van der Waals surface area contributed by atoms with E-state index in [1.807, 2.05) is 6.92 Å². The van der Waals surface area contributed by atoms with Crippen LogP contribution < -0.4 is 4.72 Å². The summed E-state index contributed by atoms with van der Waals surface area (Å²) in [7, 11) is -2.56. The van der Waals surface area contributed by atoms with E-state index in [0.717, 1.165) is 11.3 Å². The molecule has 0 radical (unpaired) electrons. The van der Waals surface area contributed by atoms with Crippen LogP contribution in [0.2, 0.25) is 4.34 Å². The third-order valence-corrected chi connectivity index (χ3v) is 5.88. The molecule has 1 rings (SSSR count). The van der Waals surface area contributed by atoms with Crippen LogP contribution >= 0.6 is 22.9 Å². The van der Waals surface area contributed by atoms with Gasteiger partial charge in [0.2, 0.25) is 0 Å². The number of carbonyl (C=O) groups is 1. The Morgan fingerprint density at radius 1 is 1.53 bits per heavy atom. The van der Waals surface area contributed by atoms with Crippen LogP contribution in [0.3, 0.4) is 0 Å². The first kappa shape index (κ1) is 16.4. The third kappa shape index (κ3) is 3.92. The second-order valence-electron chi connectivity index (χ2n) is 4.24. The SMILES string of the molecule is CCCC(C)(NS(=O)(=O)c1ccc(Cl)s1)C(=O)OC. The summed E-state index contributed by atoms with van der Waals surface area (Å²) in [6, 6.07) is 2.90. The van der Waals surface area contributed by atoms with E-state index in [1.165, 1.54) is 26.2 Å². The van der Waals surface area contributed by atoms with Crippen molar-refractivity contribution >= 4 is 38.9 Å². The van der Waals surface area contributed by atoms with Crippen molar-refractivity contribution in [2.45, 2.75) is 36.4 Å². The van der Waals surface area contributed by atoms with Crippen molar-refractivity contribution in [3.63, 3.8) is 0 Å². The molecule has 1 N–H and O–H groups in total. The smallest absolute Gasteiger partial charge is 0.326 e. The summed E-state index contributed by atoms with van der Waals surface area (Å²) < 4.78 is 31.9. The van der Waals surface area contributed by atoms with Gasteiger partial charge in [-0.15, -0.1) is 11.3 Å². The number of hydrogen-bond donors (Lipinski definition) is 1. The van der Waals surface area contributed by atoms with Gasteiger partial charge in [0, 0.05) is 0 Å². The van der Waals surface area contributed by atoms with E-state index in [9.17, 15) is 13.2 Å². The number of esters is 1. The summed E-state index contributed by atoms with van der Waals surface area (Å²) in [4.78, 5) is 11.8. The van der Waals surface area contributed by atoms with Crippen molar-refractivity contribution in [2.24, 2.45) is 0 Å². The first-order valence-electron chi connectivity index (χ1n) is 5.63. The Labute approximate surface area is 122 Å². The van der Waals surface area contributed by atoms with Crippen molar-refractivity contribution in [1.82, 2.24) is 4.72 Å². The molecule has 0 aromatic carbocycles. The third-order valence-electron chi connectivity index (χ3n) is 2.56. The molecule has 0 saturated heterocycles. The van der Waals surface area contributed by atoms with Gasteiger partial charge >= 0.3 is 5.97 Å². The van der Waals surface area contributed by atoms with Gasteiger partial charge in [-0.2, -0.15) is 4.72 Å². The van der Waals surface area contributed by atoms with E-state index in [4.69, 9.17) is 11.6 Å². The average Bonchev–Trinajstić information content (AvgIpc) is 2.75. The van der Waals surface area contributed by atoms with Crippen LogP contribution in [0.25, 0.3) is 0 Å². The molecule has 0 aliphatic carbocycles. The number of hydrogen-bond acceptors (Lipinski definition) is 5. The molecule has 1 unspecified atom stereocenters. The van der Waals surface area contributed by atoms with Crippen LogP contribution in [0.1, 0.15) is 26.7 Å². The lowest BCUT2D eigenvalue weighted by molar-refractivity contribution is -0.147. The number of carbonyl (C=O) groups excluding carboxylic acids is 1. The molecular weight excluding hydrogens is 310 g/mol. The normalized spacial score (nSPS) is 14.9. The lowest BCUT2D eigenvalue weighted by Gasteiger charge is -2.26. The Balaban J connectivity index is 3.06. The van der Waals surface area contributed by atoms with Crippen molar-refractivity contribution in [3.8, 4) is 0 Å². The molecule has 1 atom stereocenters. The number of rotatable bonds is 6. The minimum atomic E-state index is -3.79. The second kappa shape index (κ2) is 6.21. The molecule has 0 amide bonds. The predicted molar refractivity (Wildman–Crippen MR) is 75.0 cm³/mol. The number of halogens is 1. The Hall–Kier alpha value is -0.630. The van der Waals surface area contributed by atoms with Gasteiger partial charge < -0.3 is 4.74 Å². The van der Waals surface area contributed by atoms with Crippen molar-refractivity contribution in [2.75, 3.05) is 7.11 Å². The lowest BCUT2D eigenvalue weighted by Crippen LogP contribution is -2.52. The number of thiophene rings is 1. The van der Waals surface area contributed by atoms with Gasteiger partial charge in [0.1, 0.15) is 9.75 Å². The van der Waals surface area contributed by atoms with E-state index in [1.54, 1.807) is 0 Å². The van der Waals surface area contributed by atoms with E-state index in [-0.39, 0.29) is 4.21 Å². The molecule has 0 aliphatic rings. The summed E-state index contributed by atoms with van der Waals surface area (Å²) in [5.41, 5.74) is -1.28. The van der Waals surface area contributed by atoms with Crippen molar-refractivity contribution in [1.29, 1.82) is 0 Å². The molecule has 19 heavy (non-hydrogen) atoms. The molecule has 0 spiro atoms. The van der Waals surface area contributed by atoms with Gasteiger partial charge in [0.05, 0.1) is 11.4 Å². The Morgan fingerprint density at radius 3 is 2.58 bits per heavy atom. The second-order valence-corrected chi connectivity index (χ2v) is 7.86. The van der Waals surface area contributed by atoms with E-state index in [2.05, 4.69) is 9.46 Å². The summed E-state index contributed by atoms with van der Waals surface area (Å²) in [6.07, 6.45) is 0.983. The van der Waals surface area contributed by atoms with Crippen LogP contribution in [0, 0.1) is 0 Å². The zero-order chi connectivity index (χ0) is 14.7. The number of sulfonamides is 1. The molecule has 0 aliphatic heterocycles. The molecular formula is C11H16ClNO4S2. The molecule has 108 valence electrons. The van der Waals surface area contributed by atoms with E-state index in [0.29, 0.717) is 17.2 Å². The summed E-state index contributed by atoms with van der Waals surface area (Å²) in [5.74, 6) is -0.611. The van der Waals surface area contributed by atoms with E-state index < -0.39 is 21.5 Å². The molecule has 0 fully saturated rings. The Kier molecular flexibility index (Phi) is 5.37. The van der Waals surface area contributed by atoms with Gasteiger partial charge in [-0.25, -0.2) is 8.42 Å². The van der Waals surface area contributed by atoms with Gasteiger partial charge in [0.15, 0.2) is 0 Å². The number of methoxy groups -OCH3 is 1. The first-order valence-corrected chi connectivity index (χ1v) is 8.30. The zero-order valence-electron chi connectivity index (χ0n) is 10.9. The maximum atomic E-state index is 12.2. The van der Waals surface area contributed by atoms with Crippen LogP contribution in [0.15, 0.2) is 16.3 Å². The van der Waals surface area contributed by atoms with Gasteiger partial charge in [-0.05, 0) is 25.5 Å². The molecule has 5 nitrogen and oxygen atoms in total. The summed E-state index contributed by atoms with van der Waals surface area (Å²) >= 11 is 6.66. The zero-order valence-corrected chi connectivity index (χ0v) is 13.3. The highest BCUT2D eigenvalue weighted by atomic mass is 35.5. The Bertz CT molecular complexity index is 555. The molecule has 1 heterocycles. The first-order chi connectivity index (χ1) is 8.75. The van der Waals surface area contributed by atoms with Crippen LogP contribution in [0.5, 0.6) is 0 Å². The summed E-state index contributed by atoms with van der Waals surface area (Å²) in [6.45, 7) is 3.37. The van der Waals surface area contributed by atoms with Crippen LogP contribution in [0.4, 0.5) is 0 Å². The van der Waals surface area contributed by atoms with Gasteiger partial charge in [-0.3, -0.25) is 4.79 Å². The maximum absolute atomic E-state index is 12.2. The average molecular weight is 326 g/mol. The van der Waals surface area contributed by atoms with Crippen LogP contribution in [-0.2, 0) is 19.6 Å². The molecule has 0 bridgehead atoms. The minimum absolute atomic E-state index is 0.0729. The highest BCUT2D eigenvalue weighted by molar-refractivity contribution is 7.91. The number of nitrogens with one attached hydrogen (secondary N) is 1. The quantitative estimate of drug-likeness (QED) is 0.815. The standard InChI is InChI=1S/C11H16ClNO4S2/c1-4-7-11(2,10(14)17-3)13-19(15,16)9-6-5-8(12)18-9/h5-6,13H,4,7H2,1-3H3. The highest BCUT2D eigenvalue weighted by Crippen LogP contribution is 2.27. The molecule has 0 saturated carbocycles. The lowest BCUT2D eigenvalue weighted by atomic mass is 9.98. The van der Waals surface area contributed by atoms with E-state index >= 15 is 0 Å². The van der Waals surface area contributed by atoms with Gasteiger partial charge in [0.25, 0.3) is 10.0 Å². The van der Waals surface area contributed by atoms with Crippen molar-refractivity contribution < 1.29 is 17.9 Å². The number of ether oxygens (including phenoxy) is 1. The van der Waals surface area contributed by atoms with Gasteiger partial charge in [-0.1, -0.05) is 24.9 Å². The van der Waals surface area contributed by atoms with Crippen LogP contribution in [-0.4, -0.2) is 27.0 Å². The topological polar surface area (TPSA) is 72.5 Å². The molecule has 1 aromatic heterocycles. The minimum Gasteiger partial charge on any atom is -0.468 e.